The van der Waals surface area contributed by atoms with Crippen LogP contribution in [0.1, 0.15) is 32.0 Å². The first kappa shape index (κ1) is 28.2. The molecule has 4 aromatic rings. The summed E-state index contributed by atoms with van der Waals surface area (Å²) >= 11 is 0. The van der Waals surface area contributed by atoms with Crippen molar-refractivity contribution in [3.63, 3.8) is 0 Å². The van der Waals surface area contributed by atoms with Crippen LogP contribution in [0.4, 0.5) is 17.6 Å². The number of benzene rings is 3. The predicted molar refractivity (Wildman–Crippen MR) is 138 cm³/mol. The maximum atomic E-state index is 14.1. The summed E-state index contributed by atoms with van der Waals surface area (Å²) in [6, 6.07) is 15.8. The minimum absolute atomic E-state index is 0.0764. The zero-order valence-corrected chi connectivity index (χ0v) is 20.9. The molecule has 0 fully saturated rings. The molecular formula is C30H21F4NO5. The van der Waals surface area contributed by atoms with Crippen molar-refractivity contribution >= 4 is 28.6 Å². The van der Waals surface area contributed by atoms with Gasteiger partial charge in [0.05, 0.1) is 29.7 Å². The highest BCUT2D eigenvalue weighted by Crippen LogP contribution is 2.33. The monoisotopic (exact) mass is 551 g/mol. The zero-order chi connectivity index (χ0) is 29.0. The standard InChI is InChI=1S/C30H21F4NO5/c1-40-29(39)20(13-19-5-2-3-8-24(19)31)10-12-27(36)26-16-23(28(37)38)22-15-18(9-11-25(22)35-26)17-6-4-7-21(14-17)30(32,33)34/h2-12,14-16,20H,13H2,1H3,(H,37,38)/b12-10+. The number of ketones is 1. The van der Waals surface area contributed by atoms with E-state index >= 15 is 0 Å². The summed E-state index contributed by atoms with van der Waals surface area (Å²) in [6.45, 7) is 0. The molecule has 1 unspecified atom stereocenters. The van der Waals surface area contributed by atoms with Crippen LogP contribution in [0.15, 0.2) is 84.9 Å². The minimum Gasteiger partial charge on any atom is -0.478 e. The quantitative estimate of drug-likeness (QED) is 0.116. The molecule has 1 aromatic heterocycles. The number of carboxylic acid groups (broad SMARTS) is 1. The average molecular weight is 551 g/mol. The van der Waals surface area contributed by atoms with Gasteiger partial charge in [-0.3, -0.25) is 9.59 Å². The Balaban J connectivity index is 1.68. The summed E-state index contributed by atoms with van der Waals surface area (Å²) in [5.41, 5.74) is -0.453. The number of esters is 1. The van der Waals surface area contributed by atoms with Crippen LogP contribution in [0.3, 0.4) is 0 Å². The number of rotatable bonds is 8. The molecule has 1 heterocycles. The number of hydrogen-bond acceptors (Lipinski definition) is 5. The van der Waals surface area contributed by atoms with Crippen LogP contribution in [0.2, 0.25) is 0 Å². The van der Waals surface area contributed by atoms with E-state index < -0.39 is 41.2 Å². The number of carboxylic acids is 1. The van der Waals surface area contributed by atoms with Gasteiger partial charge in [-0.25, -0.2) is 14.2 Å². The van der Waals surface area contributed by atoms with Crippen LogP contribution in [0.25, 0.3) is 22.0 Å². The van der Waals surface area contributed by atoms with E-state index in [2.05, 4.69) is 4.98 Å². The normalized spacial score (nSPS) is 12.4. The average Bonchev–Trinajstić information content (AvgIpc) is 2.94. The molecule has 40 heavy (non-hydrogen) atoms. The topological polar surface area (TPSA) is 93.6 Å². The van der Waals surface area contributed by atoms with Crippen molar-refractivity contribution in [3.8, 4) is 11.1 Å². The second-order valence-electron chi connectivity index (χ2n) is 8.82. The van der Waals surface area contributed by atoms with Crippen molar-refractivity contribution in [2.45, 2.75) is 12.6 Å². The largest absolute Gasteiger partial charge is 0.478 e. The lowest BCUT2D eigenvalue weighted by Gasteiger charge is -2.12. The number of aromatic nitrogens is 1. The Morgan fingerprint density at radius 1 is 0.975 bits per heavy atom. The van der Waals surface area contributed by atoms with E-state index in [-0.39, 0.29) is 39.7 Å². The Hall–Kier alpha value is -4.86. The van der Waals surface area contributed by atoms with E-state index in [0.717, 1.165) is 31.4 Å². The Kier molecular flexibility index (Phi) is 8.08. The predicted octanol–water partition coefficient (Wildman–Crippen LogP) is 6.53. The molecule has 1 atom stereocenters. The van der Waals surface area contributed by atoms with E-state index in [0.29, 0.717) is 5.56 Å². The summed E-state index contributed by atoms with van der Waals surface area (Å²) in [5, 5.41) is 9.93. The van der Waals surface area contributed by atoms with Crippen molar-refractivity contribution in [1.29, 1.82) is 0 Å². The number of allylic oxidation sites excluding steroid dienone is 1. The number of fused-ring (bicyclic) bond motifs is 1. The van der Waals surface area contributed by atoms with Gasteiger partial charge in [-0.1, -0.05) is 42.5 Å². The molecule has 10 heteroatoms. The maximum Gasteiger partial charge on any atom is 0.416 e. The molecule has 0 saturated carbocycles. The molecule has 1 N–H and O–H groups in total. The van der Waals surface area contributed by atoms with E-state index in [1.807, 2.05) is 0 Å². The van der Waals surface area contributed by atoms with E-state index in [9.17, 15) is 37.1 Å². The molecule has 204 valence electrons. The molecule has 0 aliphatic carbocycles. The first-order valence-corrected chi connectivity index (χ1v) is 11.9. The van der Waals surface area contributed by atoms with Gasteiger partial charge < -0.3 is 9.84 Å². The van der Waals surface area contributed by atoms with Gasteiger partial charge in [-0.05, 0) is 65.6 Å². The Labute approximate surface area is 225 Å². The van der Waals surface area contributed by atoms with Gasteiger partial charge in [-0.15, -0.1) is 0 Å². The highest BCUT2D eigenvalue weighted by Gasteiger charge is 2.30. The second kappa shape index (κ2) is 11.5. The van der Waals surface area contributed by atoms with Crippen LogP contribution in [0, 0.1) is 11.7 Å². The number of carbonyl (C=O) groups excluding carboxylic acids is 2. The number of carbonyl (C=O) groups is 3. The van der Waals surface area contributed by atoms with Gasteiger partial charge >= 0.3 is 18.1 Å². The fourth-order valence-corrected chi connectivity index (χ4v) is 4.15. The highest BCUT2D eigenvalue weighted by atomic mass is 19.4. The maximum absolute atomic E-state index is 14.1. The third-order valence-electron chi connectivity index (χ3n) is 6.20. The van der Waals surface area contributed by atoms with E-state index in [1.54, 1.807) is 6.07 Å². The molecule has 0 radical (unpaired) electrons. The summed E-state index contributed by atoms with van der Waals surface area (Å²) < 4.78 is 58.4. The van der Waals surface area contributed by atoms with Gasteiger partial charge in [0.15, 0.2) is 0 Å². The number of ether oxygens (including phenoxy) is 1. The Bertz CT molecular complexity index is 1650. The lowest BCUT2D eigenvalue weighted by atomic mass is 9.97. The van der Waals surface area contributed by atoms with E-state index in [1.165, 1.54) is 54.6 Å². The number of hydrogen-bond donors (Lipinski definition) is 1. The van der Waals surface area contributed by atoms with Crippen molar-refractivity contribution in [3.05, 3.63) is 113 Å². The number of methoxy groups -OCH3 is 1. The Morgan fingerprint density at radius 2 is 1.70 bits per heavy atom. The third kappa shape index (κ3) is 6.23. The van der Waals surface area contributed by atoms with Crippen LogP contribution >= 0.6 is 0 Å². The summed E-state index contributed by atoms with van der Waals surface area (Å²) in [6.07, 6.45) is -2.35. The van der Waals surface area contributed by atoms with Gasteiger partial charge in [0.25, 0.3) is 0 Å². The molecule has 0 bridgehead atoms. The van der Waals surface area contributed by atoms with Crippen LogP contribution < -0.4 is 0 Å². The summed E-state index contributed by atoms with van der Waals surface area (Å²) in [5.74, 6) is -4.32. The Morgan fingerprint density at radius 3 is 2.38 bits per heavy atom. The summed E-state index contributed by atoms with van der Waals surface area (Å²) in [4.78, 5) is 41.5. The number of nitrogens with zero attached hydrogens (tertiary/aromatic N) is 1. The lowest BCUT2D eigenvalue weighted by Crippen LogP contribution is -2.17. The lowest BCUT2D eigenvalue weighted by molar-refractivity contribution is -0.143. The van der Waals surface area contributed by atoms with Crippen LogP contribution in [-0.2, 0) is 22.1 Å². The van der Waals surface area contributed by atoms with Crippen LogP contribution in [0.5, 0.6) is 0 Å². The highest BCUT2D eigenvalue weighted by molar-refractivity contribution is 6.09. The number of pyridine rings is 1. The van der Waals surface area contributed by atoms with Crippen molar-refractivity contribution in [2.75, 3.05) is 7.11 Å². The molecular weight excluding hydrogens is 530 g/mol. The SMILES string of the molecule is COC(=O)C(/C=C/C(=O)c1cc(C(=O)O)c2cc(-c3cccc(C(F)(F)F)c3)ccc2n1)Cc1ccccc1F. The zero-order valence-electron chi connectivity index (χ0n) is 20.9. The van der Waals surface area contributed by atoms with Crippen molar-refractivity contribution < 1.29 is 41.8 Å². The van der Waals surface area contributed by atoms with Gasteiger partial charge in [0, 0.05) is 5.39 Å². The molecule has 0 saturated heterocycles. The van der Waals surface area contributed by atoms with Gasteiger partial charge in [0.2, 0.25) is 5.78 Å². The van der Waals surface area contributed by atoms with Gasteiger partial charge in [0.1, 0.15) is 11.5 Å². The molecule has 3 aromatic carbocycles. The third-order valence-corrected chi connectivity index (χ3v) is 6.20. The molecule has 6 nitrogen and oxygen atoms in total. The first-order chi connectivity index (χ1) is 19.0. The molecule has 0 amide bonds. The number of halogens is 4. The first-order valence-electron chi connectivity index (χ1n) is 11.9. The number of aromatic carboxylic acids is 1. The number of alkyl halides is 3. The molecule has 4 rings (SSSR count). The van der Waals surface area contributed by atoms with Crippen molar-refractivity contribution in [1.82, 2.24) is 4.98 Å². The molecule has 0 aliphatic rings. The summed E-state index contributed by atoms with van der Waals surface area (Å²) in [7, 11) is 1.16. The van der Waals surface area contributed by atoms with E-state index in [4.69, 9.17) is 4.74 Å². The molecule has 0 aliphatic heterocycles. The fraction of sp³-hybridized carbons (Fsp3) is 0.133. The van der Waals surface area contributed by atoms with Gasteiger partial charge in [-0.2, -0.15) is 13.2 Å². The fourth-order valence-electron chi connectivity index (χ4n) is 4.15. The smallest absolute Gasteiger partial charge is 0.416 e. The van der Waals surface area contributed by atoms with Crippen LogP contribution in [-0.4, -0.2) is 34.9 Å². The minimum atomic E-state index is -4.55. The molecule has 0 spiro atoms. The second-order valence-corrected chi connectivity index (χ2v) is 8.82. The van der Waals surface area contributed by atoms with Crippen molar-refractivity contribution in [2.24, 2.45) is 5.92 Å².